The molecule has 7 heteroatoms. The summed E-state index contributed by atoms with van der Waals surface area (Å²) in [5.41, 5.74) is 1.15. The van der Waals surface area contributed by atoms with E-state index in [4.69, 9.17) is 4.74 Å². The van der Waals surface area contributed by atoms with Crippen molar-refractivity contribution in [1.82, 2.24) is 0 Å². The standard InChI is InChI=1S/C20H17FN2O3S/c1-2-26-17-9-8-15(12-16(17)21)22-19(24)13-5-3-6-14(11-13)23-20(25)18-7-4-10-27-18/h3-12H,2H2,1H3,(H,22,24)(H,23,25). The second kappa shape index (κ2) is 8.46. The molecule has 0 saturated heterocycles. The van der Waals surface area contributed by atoms with Crippen molar-refractivity contribution in [2.24, 2.45) is 0 Å². The predicted molar refractivity (Wildman–Crippen MR) is 104 cm³/mol. The molecule has 0 atom stereocenters. The van der Waals surface area contributed by atoms with Gasteiger partial charge in [-0.15, -0.1) is 11.3 Å². The molecule has 0 aliphatic rings. The van der Waals surface area contributed by atoms with Crippen LogP contribution in [0.2, 0.25) is 0 Å². The minimum atomic E-state index is -0.549. The normalized spacial score (nSPS) is 10.3. The van der Waals surface area contributed by atoms with Crippen LogP contribution >= 0.6 is 11.3 Å². The van der Waals surface area contributed by atoms with Gasteiger partial charge in [-0.1, -0.05) is 12.1 Å². The molecule has 0 unspecified atom stereocenters. The summed E-state index contributed by atoms with van der Waals surface area (Å²) in [6.45, 7) is 2.12. The van der Waals surface area contributed by atoms with Gasteiger partial charge in [0.25, 0.3) is 11.8 Å². The summed E-state index contributed by atoms with van der Waals surface area (Å²) in [6.07, 6.45) is 0. The Morgan fingerprint density at radius 3 is 2.48 bits per heavy atom. The fraction of sp³-hybridized carbons (Fsp3) is 0.100. The van der Waals surface area contributed by atoms with E-state index in [1.807, 2.05) is 5.38 Å². The van der Waals surface area contributed by atoms with Gasteiger partial charge in [0, 0.05) is 23.0 Å². The molecule has 0 aliphatic carbocycles. The van der Waals surface area contributed by atoms with Gasteiger partial charge in [0.2, 0.25) is 0 Å². The van der Waals surface area contributed by atoms with Gasteiger partial charge in [0.05, 0.1) is 11.5 Å². The summed E-state index contributed by atoms with van der Waals surface area (Å²) in [7, 11) is 0. The SMILES string of the molecule is CCOc1ccc(NC(=O)c2cccc(NC(=O)c3cccs3)c2)cc1F. The summed E-state index contributed by atoms with van der Waals surface area (Å²) < 4.78 is 19.0. The van der Waals surface area contributed by atoms with Crippen molar-refractivity contribution in [1.29, 1.82) is 0 Å². The first-order valence-electron chi connectivity index (χ1n) is 8.25. The Hall–Kier alpha value is -3.19. The van der Waals surface area contributed by atoms with Gasteiger partial charge in [-0.25, -0.2) is 4.39 Å². The van der Waals surface area contributed by atoms with Crippen LogP contribution in [0.15, 0.2) is 60.0 Å². The van der Waals surface area contributed by atoms with E-state index in [2.05, 4.69) is 10.6 Å². The number of ether oxygens (including phenoxy) is 1. The van der Waals surface area contributed by atoms with Gasteiger partial charge >= 0.3 is 0 Å². The van der Waals surface area contributed by atoms with Crippen LogP contribution in [0.1, 0.15) is 27.0 Å². The van der Waals surface area contributed by atoms with E-state index in [1.54, 1.807) is 49.4 Å². The van der Waals surface area contributed by atoms with E-state index in [0.717, 1.165) is 0 Å². The molecule has 2 amide bonds. The van der Waals surface area contributed by atoms with Crippen LogP contribution in [0.25, 0.3) is 0 Å². The van der Waals surface area contributed by atoms with Crippen molar-refractivity contribution in [3.05, 3.63) is 76.2 Å². The summed E-state index contributed by atoms with van der Waals surface area (Å²) in [4.78, 5) is 25.1. The van der Waals surface area contributed by atoms with Crippen molar-refractivity contribution >= 4 is 34.5 Å². The molecule has 1 heterocycles. The molecule has 0 radical (unpaired) electrons. The summed E-state index contributed by atoms with van der Waals surface area (Å²) in [5, 5.41) is 7.19. The van der Waals surface area contributed by atoms with Crippen molar-refractivity contribution in [3.8, 4) is 5.75 Å². The van der Waals surface area contributed by atoms with Crippen molar-refractivity contribution < 1.29 is 18.7 Å². The Morgan fingerprint density at radius 2 is 1.78 bits per heavy atom. The molecule has 0 spiro atoms. The smallest absolute Gasteiger partial charge is 0.265 e. The van der Waals surface area contributed by atoms with Crippen LogP contribution in [0.4, 0.5) is 15.8 Å². The zero-order valence-electron chi connectivity index (χ0n) is 14.5. The Bertz CT molecular complexity index is 958. The molecular weight excluding hydrogens is 367 g/mol. The van der Waals surface area contributed by atoms with Crippen LogP contribution in [0.3, 0.4) is 0 Å². The number of hydrogen-bond acceptors (Lipinski definition) is 4. The number of thiophene rings is 1. The molecule has 5 nitrogen and oxygen atoms in total. The highest BCUT2D eigenvalue weighted by molar-refractivity contribution is 7.12. The number of nitrogens with one attached hydrogen (secondary N) is 2. The Labute approximate surface area is 159 Å². The van der Waals surface area contributed by atoms with Gasteiger partial charge in [-0.3, -0.25) is 9.59 Å². The average molecular weight is 384 g/mol. The number of anilines is 2. The maximum absolute atomic E-state index is 13.9. The third-order valence-electron chi connectivity index (χ3n) is 3.62. The first-order chi connectivity index (χ1) is 13.1. The molecule has 0 aliphatic heterocycles. The van der Waals surface area contributed by atoms with Crippen LogP contribution < -0.4 is 15.4 Å². The topological polar surface area (TPSA) is 67.4 Å². The fourth-order valence-electron chi connectivity index (χ4n) is 2.39. The predicted octanol–water partition coefficient (Wildman–Crippen LogP) is 4.79. The summed E-state index contributed by atoms with van der Waals surface area (Å²) >= 11 is 1.33. The largest absolute Gasteiger partial charge is 0.491 e. The number of carbonyl (C=O) groups is 2. The van der Waals surface area contributed by atoms with Gasteiger partial charge in [0.1, 0.15) is 0 Å². The van der Waals surface area contributed by atoms with E-state index in [1.165, 1.54) is 23.5 Å². The number of carbonyl (C=O) groups excluding carboxylic acids is 2. The molecule has 1 aromatic heterocycles. The molecule has 138 valence electrons. The number of rotatable bonds is 6. The molecule has 0 fully saturated rings. The maximum atomic E-state index is 13.9. The van der Waals surface area contributed by atoms with E-state index in [9.17, 15) is 14.0 Å². The van der Waals surface area contributed by atoms with Crippen LogP contribution in [0.5, 0.6) is 5.75 Å². The average Bonchev–Trinajstić information content (AvgIpc) is 3.19. The highest BCUT2D eigenvalue weighted by Crippen LogP contribution is 2.22. The van der Waals surface area contributed by atoms with E-state index in [0.29, 0.717) is 28.4 Å². The van der Waals surface area contributed by atoms with Crippen molar-refractivity contribution in [3.63, 3.8) is 0 Å². The third-order valence-corrected chi connectivity index (χ3v) is 4.49. The monoisotopic (exact) mass is 384 g/mol. The highest BCUT2D eigenvalue weighted by Gasteiger charge is 2.11. The molecular formula is C20H17FN2O3S. The zero-order chi connectivity index (χ0) is 19.2. The van der Waals surface area contributed by atoms with Crippen LogP contribution in [-0.2, 0) is 0 Å². The first kappa shape index (κ1) is 18.6. The quantitative estimate of drug-likeness (QED) is 0.642. The van der Waals surface area contributed by atoms with Crippen molar-refractivity contribution in [2.75, 3.05) is 17.2 Å². The molecule has 3 aromatic rings. The minimum absolute atomic E-state index is 0.133. The number of benzene rings is 2. The van der Waals surface area contributed by atoms with E-state index < -0.39 is 11.7 Å². The number of hydrogen-bond donors (Lipinski definition) is 2. The van der Waals surface area contributed by atoms with Crippen LogP contribution in [0, 0.1) is 5.82 Å². The lowest BCUT2D eigenvalue weighted by atomic mass is 10.1. The van der Waals surface area contributed by atoms with Gasteiger partial charge in [-0.05, 0) is 48.7 Å². The van der Waals surface area contributed by atoms with E-state index >= 15 is 0 Å². The van der Waals surface area contributed by atoms with E-state index in [-0.39, 0.29) is 11.7 Å². The van der Waals surface area contributed by atoms with Gasteiger partial charge in [0.15, 0.2) is 11.6 Å². The Kier molecular flexibility index (Phi) is 5.83. The zero-order valence-corrected chi connectivity index (χ0v) is 15.3. The minimum Gasteiger partial charge on any atom is -0.491 e. The fourth-order valence-corrected chi connectivity index (χ4v) is 3.01. The molecule has 27 heavy (non-hydrogen) atoms. The maximum Gasteiger partial charge on any atom is 0.265 e. The lowest BCUT2D eigenvalue weighted by Crippen LogP contribution is -2.14. The van der Waals surface area contributed by atoms with Gasteiger partial charge < -0.3 is 15.4 Å². The third kappa shape index (κ3) is 4.71. The molecule has 2 aromatic carbocycles. The molecule has 0 bridgehead atoms. The summed E-state index contributed by atoms with van der Waals surface area (Å²) in [6, 6.07) is 14.3. The lowest BCUT2D eigenvalue weighted by molar-refractivity contribution is 0.101. The molecule has 2 N–H and O–H groups in total. The highest BCUT2D eigenvalue weighted by atomic mass is 32.1. The van der Waals surface area contributed by atoms with Crippen molar-refractivity contribution in [2.45, 2.75) is 6.92 Å². The van der Waals surface area contributed by atoms with Gasteiger partial charge in [-0.2, -0.15) is 0 Å². The number of amides is 2. The van der Waals surface area contributed by atoms with Crippen LogP contribution in [-0.4, -0.2) is 18.4 Å². The molecule has 3 rings (SSSR count). The Morgan fingerprint density at radius 1 is 1.00 bits per heavy atom. The first-order valence-corrected chi connectivity index (χ1v) is 9.13. The number of halogens is 1. The second-order valence-corrected chi connectivity index (χ2v) is 6.49. The second-order valence-electron chi connectivity index (χ2n) is 5.54. The Balaban J connectivity index is 1.70. The summed E-state index contributed by atoms with van der Waals surface area (Å²) in [5.74, 6) is -1.07. The lowest BCUT2D eigenvalue weighted by Gasteiger charge is -2.10. The molecule has 0 saturated carbocycles.